The first-order chi connectivity index (χ1) is 10.9. The molecule has 0 atom stereocenters. The van der Waals surface area contributed by atoms with Crippen LogP contribution in [0.25, 0.3) is 17.1 Å². The van der Waals surface area contributed by atoms with Crippen molar-refractivity contribution in [2.24, 2.45) is 7.05 Å². The Morgan fingerprint density at radius 2 is 2.00 bits per heavy atom. The third-order valence-electron chi connectivity index (χ3n) is 3.73. The van der Waals surface area contributed by atoms with Crippen LogP contribution in [0, 0.1) is 19.7 Å². The molecule has 0 amide bonds. The van der Waals surface area contributed by atoms with Crippen molar-refractivity contribution in [2.45, 2.75) is 13.8 Å². The molecule has 0 aliphatic heterocycles. The number of benzene rings is 1. The minimum atomic E-state index is -0.633. The Morgan fingerprint density at radius 3 is 2.57 bits per heavy atom. The molecule has 2 heterocycles. The van der Waals surface area contributed by atoms with Crippen LogP contribution in [0.4, 0.5) is 4.39 Å². The molecular formula is C16H15FN4O2. The number of carbonyl (C=O) groups is 1. The highest BCUT2D eigenvalue weighted by Crippen LogP contribution is 2.31. The standard InChI is InChI=1S/C16H15FN4O2/c1-9-7-18-20(3)15(9)16-12(8-22)10(2)19-21(16)14-5-4-11(23)6-13(14)17/h4-8,23H,1-3H3. The number of rotatable bonds is 3. The second kappa shape index (κ2) is 5.35. The number of halogens is 1. The molecule has 0 bridgehead atoms. The molecule has 3 rings (SSSR count). The Kier molecular flexibility index (Phi) is 3.48. The van der Waals surface area contributed by atoms with Crippen LogP contribution in [-0.2, 0) is 7.05 Å². The largest absolute Gasteiger partial charge is 0.508 e. The lowest BCUT2D eigenvalue weighted by Gasteiger charge is -2.11. The number of aryl methyl sites for hydroxylation is 3. The number of phenols is 1. The predicted molar refractivity (Wildman–Crippen MR) is 82.3 cm³/mol. The molecule has 6 nitrogen and oxygen atoms in total. The molecule has 7 heteroatoms. The Labute approximate surface area is 131 Å². The number of nitrogens with zero attached hydrogens (tertiary/aromatic N) is 4. The summed E-state index contributed by atoms with van der Waals surface area (Å²) >= 11 is 0. The Bertz CT molecular complexity index is 892. The zero-order valence-corrected chi connectivity index (χ0v) is 12.9. The molecule has 118 valence electrons. The van der Waals surface area contributed by atoms with Gasteiger partial charge in [-0.15, -0.1) is 0 Å². The fraction of sp³-hybridized carbons (Fsp3) is 0.188. The van der Waals surface area contributed by atoms with Gasteiger partial charge in [0.1, 0.15) is 17.1 Å². The lowest BCUT2D eigenvalue weighted by atomic mass is 10.1. The molecule has 1 aromatic carbocycles. The molecule has 1 N–H and O–H groups in total. The minimum absolute atomic E-state index is 0.148. The highest BCUT2D eigenvalue weighted by molar-refractivity contribution is 5.88. The van der Waals surface area contributed by atoms with Crippen molar-refractivity contribution < 1.29 is 14.3 Å². The van der Waals surface area contributed by atoms with Crippen molar-refractivity contribution in [1.82, 2.24) is 19.6 Å². The maximum absolute atomic E-state index is 14.3. The fourth-order valence-electron chi connectivity index (χ4n) is 2.64. The summed E-state index contributed by atoms with van der Waals surface area (Å²) in [5, 5.41) is 17.9. The highest BCUT2D eigenvalue weighted by atomic mass is 19.1. The topological polar surface area (TPSA) is 72.9 Å². The van der Waals surface area contributed by atoms with Gasteiger partial charge in [-0.3, -0.25) is 9.48 Å². The summed E-state index contributed by atoms with van der Waals surface area (Å²) in [6.45, 7) is 3.55. The normalized spacial score (nSPS) is 11.0. The van der Waals surface area contributed by atoms with E-state index in [1.54, 1.807) is 24.9 Å². The number of aromatic nitrogens is 4. The number of aldehydes is 1. The van der Waals surface area contributed by atoms with Crippen molar-refractivity contribution in [3.63, 3.8) is 0 Å². The van der Waals surface area contributed by atoms with Crippen molar-refractivity contribution >= 4 is 6.29 Å². The van der Waals surface area contributed by atoms with E-state index in [-0.39, 0.29) is 11.4 Å². The van der Waals surface area contributed by atoms with Crippen LogP contribution >= 0.6 is 0 Å². The van der Waals surface area contributed by atoms with Gasteiger partial charge in [-0.2, -0.15) is 10.2 Å². The molecule has 0 saturated carbocycles. The van der Waals surface area contributed by atoms with E-state index in [4.69, 9.17) is 0 Å². The van der Waals surface area contributed by atoms with E-state index >= 15 is 0 Å². The van der Waals surface area contributed by atoms with Crippen molar-refractivity contribution in [2.75, 3.05) is 0 Å². The molecule has 0 saturated heterocycles. The van der Waals surface area contributed by atoms with E-state index in [0.29, 0.717) is 28.9 Å². The third kappa shape index (κ3) is 2.30. The first-order valence-electron chi connectivity index (χ1n) is 6.96. The molecule has 0 unspecified atom stereocenters. The minimum Gasteiger partial charge on any atom is -0.508 e. The zero-order chi connectivity index (χ0) is 16.7. The summed E-state index contributed by atoms with van der Waals surface area (Å²) in [5.41, 5.74) is 3.01. The highest BCUT2D eigenvalue weighted by Gasteiger charge is 2.23. The van der Waals surface area contributed by atoms with Crippen LogP contribution < -0.4 is 0 Å². The average Bonchev–Trinajstić information content (AvgIpc) is 2.98. The van der Waals surface area contributed by atoms with Crippen LogP contribution in [0.5, 0.6) is 5.75 Å². The summed E-state index contributed by atoms with van der Waals surface area (Å²) in [6.07, 6.45) is 2.38. The summed E-state index contributed by atoms with van der Waals surface area (Å²) < 4.78 is 17.3. The number of phenolic OH excluding ortho intramolecular Hbond substituents is 1. The summed E-state index contributed by atoms with van der Waals surface area (Å²) in [7, 11) is 1.75. The van der Waals surface area contributed by atoms with Crippen LogP contribution in [-0.4, -0.2) is 31.0 Å². The van der Waals surface area contributed by atoms with Crippen LogP contribution in [0.2, 0.25) is 0 Å². The molecule has 23 heavy (non-hydrogen) atoms. The Morgan fingerprint density at radius 1 is 1.26 bits per heavy atom. The number of aromatic hydroxyl groups is 1. The molecule has 3 aromatic rings. The van der Waals surface area contributed by atoms with Gasteiger partial charge in [0, 0.05) is 13.1 Å². The van der Waals surface area contributed by atoms with E-state index in [9.17, 15) is 14.3 Å². The quantitative estimate of drug-likeness (QED) is 0.754. The van der Waals surface area contributed by atoms with Crippen molar-refractivity contribution in [3.05, 3.63) is 47.0 Å². The van der Waals surface area contributed by atoms with Gasteiger partial charge in [0.05, 0.1) is 23.1 Å². The van der Waals surface area contributed by atoms with Gasteiger partial charge < -0.3 is 5.11 Å². The lowest BCUT2D eigenvalue weighted by Crippen LogP contribution is -2.06. The van der Waals surface area contributed by atoms with Crippen molar-refractivity contribution in [3.8, 4) is 22.8 Å². The van der Waals surface area contributed by atoms with Gasteiger partial charge in [-0.25, -0.2) is 9.07 Å². The third-order valence-corrected chi connectivity index (χ3v) is 3.73. The van der Waals surface area contributed by atoms with Gasteiger partial charge in [0.2, 0.25) is 0 Å². The van der Waals surface area contributed by atoms with Gasteiger partial charge in [0.25, 0.3) is 0 Å². The van der Waals surface area contributed by atoms with Crippen LogP contribution in [0.3, 0.4) is 0 Å². The molecule has 0 radical (unpaired) electrons. The fourth-order valence-corrected chi connectivity index (χ4v) is 2.64. The summed E-state index contributed by atoms with van der Waals surface area (Å²) in [6, 6.07) is 3.80. The van der Waals surface area contributed by atoms with Crippen LogP contribution in [0.15, 0.2) is 24.4 Å². The smallest absolute Gasteiger partial charge is 0.154 e. The molecule has 0 aliphatic carbocycles. The molecule has 0 aliphatic rings. The van der Waals surface area contributed by atoms with E-state index in [1.165, 1.54) is 16.8 Å². The van der Waals surface area contributed by atoms with E-state index in [2.05, 4.69) is 10.2 Å². The monoisotopic (exact) mass is 314 g/mol. The van der Waals surface area contributed by atoms with E-state index in [1.807, 2.05) is 6.92 Å². The number of hydrogen-bond acceptors (Lipinski definition) is 4. The second-order valence-electron chi connectivity index (χ2n) is 5.31. The maximum atomic E-state index is 14.3. The van der Waals surface area contributed by atoms with Gasteiger partial charge in [-0.05, 0) is 31.5 Å². The van der Waals surface area contributed by atoms with Crippen LogP contribution in [0.1, 0.15) is 21.6 Å². The maximum Gasteiger partial charge on any atom is 0.154 e. The Balaban J connectivity index is 2.37. The molecule has 0 spiro atoms. The summed E-state index contributed by atoms with van der Waals surface area (Å²) in [4.78, 5) is 11.5. The first-order valence-corrected chi connectivity index (χ1v) is 6.96. The SMILES string of the molecule is Cc1cnn(C)c1-c1c(C=O)c(C)nn1-c1ccc(O)cc1F. The van der Waals surface area contributed by atoms with Gasteiger partial charge in [-0.1, -0.05) is 0 Å². The average molecular weight is 314 g/mol. The number of carbonyl (C=O) groups excluding carboxylic acids is 1. The van der Waals surface area contributed by atoms with Gasteiger partial charge in [0.15, 0.2) is 12.1 Å². The van der Waals surface area contributed by atoms with Gasteiger partial charge >= 0.3 is 0 Å². The zero-order valence-electron chi connectivity index (χ0n) is 12.9. The Hall–Kier alpha value is -2.96. The lowest BCUT2D eigenvalue weighted by molar-refractivity contribution is 0.112. The first kappa shape index (κ1) is 15.0. The van der Waals surface area contributed by atoms with Crippen molar-refractivity contribution in [1.29, 1.82) is 0 Å². The molecule has 2 aromatic heterocycles. The number of hydrogen-bond donors (Lipinski definition) is 1. The van der Waals surface area contributed by atoms with E-state index < -0.39 is 5.82 Å². The second-order valence-corrected chi connectivity index (χ2v) is 5.31. The molecule has 0 fully saturated rings. The molecular weight excluding hydrogens is 299 g/mol. The predicted octanol–water partition coefficient (Wildman–Crippen LogP) is 2.55. The summed E-state index contributed by atoms with van der Waals surface area (Å²) in [5.74, 6) is -0.810. The van der Waals surface area contributed by atoms with E-state index in [0.717, 1.165) is 11.6 Å².